The minimum absolute atomic E-state index is 0.103. The summed E-state index contributed by atoms with van der Waals surface area (Å²) in [5, 5.41) is 0.103. The van der Waals surface area contributed by atoms with Crippen LogP contribution in [-0.4, -0.2) is 19.5 Å². The van der Waals surface area contributed by atoms with Crippen molar-refractivity contribution in [3.8, 4) is 5.82 Å². The number of nitrogens with one attached hydrogen (secondary N) is 1. The second kappa shape index (κ2) is 4.22. The van der Waals surface area contributed by atoms with Crippen molar-refractivity contribution < 1.29 is 0 Å². The van der Waals surface area contributed by atoms with Gasteiger partial charge in [-0.1, -0.05) is 15.9 Å². The second-order valence-electron chi connectivity index (χ2n) is 3.61. The predicted molar refractivity (Wildman–Crippen MR) is 72.2 cm³/mol. The Balaban J connectivity index is 2.35. The number of aromatic amines is 1. The number of benzene rings is 1. The van der Waals surface area contributed by atoms with Crippen molar-refractivity contribution >= 4 is 38.6 Å². The molecule has 0 spiro atoms. The molecule has 1 N–H and O–H groups in total. The highest BCUT2D eigenvalue weighted by molar-refractivity contribution is 9.10. The maximum absolute atomic E-state index is 12.0. The van der Waals surface area contributed by atoms with Crippen molar-refractivity contribution in [1.82, 2.24) is 19.5 Å². The molecule has 0 bridgehead atoms. The number of nitrogens with zero attached hydrogens (tertiary/aromatic N) is 3. The molecule has 0 atom stereocenters. The van der Waals surface area contributed by atoms with Gasteiger partial charge in [-0.25, -0.2) is 14.3 Å². The average molecular weight is 326 g/mol. The molecule has 0 unspecified atom stereocenters. The lowest BCUT2D eigenvalue weighted by molar-refractivity contribution is 0.950. The fourth-order valence-corrected chi connectivity index (χ4v) is 2.27. The molecule has 0 aliphatic rings. The van der Waals surface area contributed by atoms with Gasteiger partial charge in [0.25, 0.3) is 0 Å². The molecule has 0 aliphatic heterocycles. The fourth-order valence-electron chi connectivity index (χ4n) is 1.76. The third kappa shape index (κ3) is 1.83. The van der Waals surface area contributed by atoms with E-state index in [9.17, 15) is 4.79 Å². The lowest BCUT2D eigenvalue weighted by Crippen LogP contribution is -2.15. The molecule has 18 heavy (non-hydrogen) atoms. The Hall–Kier alpha value is -1.66. The van der Waals surface area contributed by atoms with Crippen molar-refractivity contribution in [3.05, 3.63) is 50.7 Å². The summed E-state index contributed by atoms with van der Waals surface area (Å²) in [6.07, 6.45) is 1.51. The normalized spacial score (nSPS) is 11.0. The Morgan fingerprint density at radius 3 is 2.94 bits per heavy atom. The van der Waals surface area contributed by atoms with Crippen LogP contribution < -0.4 is 5.69 Å². The highest BCUT2D eigenvalue weighted by Gasteiger charge is 2.10. The lowest BCUT2D eigenvalue weighted by Gasteiger charge is -2.01. The monoisotopic (exact) mass is 324 g/mol. The van der Waals surface area contributed by atoms with Gasteiger partial charge < -0.3 is 4.98 Å². The van der Waals surface area contributed by atoms with E-state index in [0.717, 1.165) is 15.5 Å². The van der Waals surface area contributed by atoms with Gasteiger partial charge in [-0.05, 0) is 29.8 Å². The predicted octanol–water partition coefficient (Wildman–Crippen LogP) is 2.52. The van der Waals surface area contributed by atoms with Crippen LogP contribution in [0, 0.1) is 0 Å². The van der Waals surface area contributed by atoms with Crippen LogP contribution in [0.25, 0.3) is 16.9 Å². The molecule has 2 heterocycles. The Kier molecular flexibility index (Phi) is 2.68. The summed E-state index contributed by atoms with van der Waals surface area (Å²) in [6, 6.07) is 7.14. The number of hydrogen-bond acceptors (Lipinski definition) is 3. The molecule has 0 saturated heterocycles. The summed E-state index contributed by atoms with van der Waals surface area (Å²) in [7, 11) is 0. The first-order chi connectivity index (χ1) is 8.65. The smallest absolute Gasteiger partial charge is 0.305 e. The lowest BCUT2D eigenvalue weighted by atomic mass is 10.3. The zero-order valence-electron chi connectivity index (χ0n) is 8.89. The van der Waals surface area contributed by atoms with Gasteiger partial charge >= 0.3 is 5.69 Å². The number of H-pyrrole nitrogens is 1. The standard InChI is InChI=1S/C11H6BrClN4O/c12-6-1-2-8-7(5-6)15-11(18)17(8)9-3-4-14-10(13)16-9/h1-5H,(H,15,18). The van der Waals surface area contributed by atoms with Crippen LogP contribution in [0.1, 0.15) is 0 Å². The van der Waals surface area contributed by atoms with Crippen LogP contribution in [0.3, 0.4) is 0 Å². The number of halogens is 2. The molecule has 5 nitrogen and oxygen atoms in total. The molecule has 7 heteroatoms. The van der Waals surface area contributed by atoms with E-state index in [2.05, 4.69) is 30.9 Å². The van der Waals surface area contributed by atoms with Crippen LogP contribution in [0.5, 0.6) is 0 Å². The number of rotatable bonds is 1. The molecule has 0 fully saturated rings. The van der Waals surface area contributed by atoms with E-state index in [1.807, 2.05) is 18.2 Å². The molecule has 2 aromatic heterocycles. The molecule has 3 aromatic rings. The van der Waals surface area contributed by atoms with Gasteiger partial charge in [-0.2, -0.15) is 4.98 Å². The number of aromatic nitrogens is 4. The van der Waals surface area contributed by atoms with E-state index in [1.54, 1.807) is 6.07 Å². The quantitative estimate of drug-likeness (QED) is 0.699. The largest absolute Gasteiger partial charge is 0.332 e. The Morgan fingerprint density at radius 2 is 2.17 bits per heavy atom. The van der Waals surface area contributed by atoms with Gasteiger partial charge in [0.05, 0.1) is 11.0 Å². The van der Waals surface area contributed by atoms with Crippen LogP contribution in [0.15, 0.2) is 39.7 Å². The number of hydrogen-bond donors (Lipinski definition) is 1. The third-order valence-corrected chi connectivity index (χ3v) is 3.16. The first-order valence-corrected chi connectivity index (χ1v) is 6.21. The van der Waals surface area contributed by atoms with Gasteiger partial charge in [-0.15, -0.1) is 0 Å². The molecular weight excluding hydrogens is 320 g/mol. The van der Waals surface area contributed by atoms with Crippen molar-refractivity contribution in [2.45, 2.75) is 0 Å². The molecule has 0 saturated carbocycles. The average Bonchev–Trinajstić information content (AvgIpc) is 2.64. The van der Waals surface area contributed by atoms with Gasteiger partial charge in [0.1, 0.15) is 5.82 Å². The second-order valence-corrected chi connectivity index (χ2v) is 4.86. The molecule has 1 aromatic carbocycles. The van der Waals surface area contributed by atoms with Crippen molar-refractivity contribution in [1.29, 1.82) is 0 Å². The van der Waals surface area contributed by atoms with Crippen LogP contribution in [0.2, 0.25) is 5.28 Å². The van der Waals surface area contributed by atoms with Gasteiger partial charge in [-0.3, -0.25) is 0 Å². The summed E-state index contributed by atoms with van der Waals surface area (Å²) in [5.41, 5.74) is 1.19. The van der Waals surface area contributed by atoms with Crippen LogP contribution >= 0.6 is 27.5 Å². The van der Waals surface area contributed by atoms with E-state index >= 15 is 0 Å². The van der Waals surface area contributed by atoms with Crippen molar-refractivity contribution in [3.63, 3.8) is 0 Å². The fraction of sp³-hybridized carbons (Fsp3) is 0. The van der Waals surface area contributed by atoms with Crippen LogP contribution in [0.4, 0.5) is 0 Å². The summed E-state index contributed by atoms with van der Waals surface area (Å²) in [6.45, 7) is 0. The van der Waals surface area contributed by atoms with E-state index in [0.29, 0.717) is 5.82 Å². The van der Waals surface area contributed by atoms with Gasteiger partial charge in [0, 0.05) is 16.7 Å². The van der Waals surface area contributed by atoms with Crippen molar-refractivity contribution in [2.75, 3.05) is 0 Å². The minimum Gasteiger partial charge on any atom is -0.305 e. The zero-order valence-corrected chi connectivity index (χ0v) is 11.2. The summed E-state index contributed by atoms with van der Waals surface area (Å²) in [5.74, 6) is 0.438. The SMILES string of the molecule is O=c1[nH]c2cc(Br)ccc2n1-c1ccnc(Cl)n1. The molecule has 3 rings (SSSR count). The highest BCUT2D eigenvalue weighted by Crippen LogP contribution is 2.19. The van der Waals surface area contributed by atoms with E-state index in [4.69, 9.17) is 11.6 Å². The molecule has 0 aliphatic carbocycles. The van der Waals surface area contributed by atoms with Gasteiger partial charge in [0.15, 0.2) is 0 Å². The third-order valence-electron chi connectivity index (χ3n) is 2.48. The zero-order chi connectivity index (χ0) is 12.7. The van der Waals surface area contributed by atoms with Crippen molar-refractivity contribution in [2.24, 2.45) is 0 Å². The Morgan fingerprint density at radius 1 is 1.33 bits per heavy atom. The summed E-state index contributed by atoms with van der Waals surface area (Å²) in [4.78, 5) is 22.5. The molecular formula is C11H6BrClN4O. The minimum atomic E-state index is -0.266. The Labute approximate surface area is 115 Å². The molecule has 0 radical (unpaired) electrons. The highest BCUT2D eigenvalue weighted by atomic mass is 79.9. The molecule has 90 valence electrons. The number of imidazole rings is 1. The van der Waals surface area contributed by atoms with Crippen LogP contribution in [-0.2, 0) is 0 Å². The van der Waals surface area contributed by atoms with Gasteiger partial charge in [0.2, 0.25) is 5.28 Å². The first kappa shape index (κ1) is 11.4. The topological polar surface area (TPSA) is 63.6 Å². The van der Waals surface area contributed by atoms with E-state index in [-0.39, 0.29) is 11.0 Å². The summed E-state index contributed by atoms with van der Waals surface area (Å²) < 4.78 is 2.35. The first-order valence-electron chi connectivity index (χ1n) is 5.04. The van der Waals surface area contributed by atoms with E-state index in [1.165, 1.54) is 10.8 Å². The maximum atomic E-state index is 12.0. The summed E-state index contributed by atoms with van der Waals surface area (Å²) >= 11 is 9.09. The van der Waals surface area contributed by atoms with E-state index < -0.39 is 0 Å². The number of fused-ring (bicyclic) bond motifs is 1. The Bertz CT molecular complexity index is 795. The molecule has 0 amide bonds. The maximum Gasteiger partial charge on any atom is 0.332 e.